The molecule has 2 unspecified atom stereocenters. The van der Waals surface area contributed by atoms with E-state index in [4.69, 9.17) is 0 Å². The van der Waals surface area contributed by atoms with Gasteiger partial charge in [-0.25, -0.2) is 0 Å². The van der Waals surface area contributed by atoms with Gasteiger partial charge in [-0.05, 0) is 55.4 Å². The van der Waals surface area contributed by atoms with Crippen molar-refractivity contribution in [1.82, 2.24) is 9.69 Å². The maximum absolute atomic E-state index is 4.35. The average Bonchev–Trinajstić information content (AvgIpc) is 2.79. The predicted octanol–water partition coefficient (Wildman–Crippen LogP) is 2.47. The third-order valence-electron chi connectivity index (χ3n) is 2.70. The molecule has 14 heavy (non-hydrogen) atoms. The van der Waals surface area contributed by atoms with Crippen molar-refractivity contribution in [1.29, 1.82) is 0 Å². The first-order valence-electron chi connectivity index (χ1n) is 4.99. The number of nitrogens with zero attached hydrogens (tertiary/aromatic N) is 1. The summed E-state index contributed by atoms with van der Waals surface area (Å²) in [5.74, 6) is 3.41. The van der Waals surface area contributed by atoms with Gasteiger partial charge in [0, 0.05) is 10.9 Å². The standard InChI is InChI=1S/C10H16N2S2/c1-7-5-9(14-12-7)10(11-2)8-3-4-13-6-8/h5,8,10-11H,3-4,6H2,1-2H3. The highest BCUT2D eigenvalue weighted by Gasteiger charge is 2.26. The molecule has 0 aliphatic carbocycles. The first-order chi connectivity index (χ1) is 6.81. The van der Waals surface area contributed by atoms with Gasteiger partial charge in [-0.15, -0.1) is 0 Å². The highest BCUT2D eigenvalue weighted by atomic mass is 32.2. The molecule has 1 aliphatic heterocycles. The molecule has 2 rings (SSSR count). The van der Waals surface area contributed by atoms with Crippen LogP contribution in [0.5, 0.6) is 0 Å². The van der Waals surface area contributed by atoms with Crippen LogP contribution in [0.1, 0.15) is 23.0 Å². The summed E-state index contributed by atoms with van der Waals surface area (Å²) >= 11 is 3.72. The molecule has 0 aromatic carbocycles. The predicted molar refractivity (Wildman–Crippen MR) is 64.1 cm³/mol. The molecule has 1 aromatic rings. The number of nitrogens with one attached hydrogen (secondary N) is 1. The molecular weight excluding hydrogens is 212 g/mol. The SMILES string of the molecule is CNC(c1cc(C)ns1)C1CCSC1. The fraction of sp³-hybridized carbons (Fsp3) is 0.700. The van der Waals surface area contributed by atoms with Crippen molar-refractivity contribution >= 4 is 23.3 Å². The van der Waals surface area contributed by atoms with Crippen LogP contribution in [0.25, 0.3) is 0 Å². The number of thioether (sulfide) groups is 1. The molecule has 2 atom stereocenters. The van der Waals surface area contributed by atoms with Crippen LogP contribution in [-0.2, 0) is 0 Å². The fourth-order valence-corrected chi connectivity index (χ4v) is 4.20. The molecule has 1 aliphatic rings. The largest absolute Gasteiger partial charge is 0.312 e. The van der Waals surface area contributed by atoms with Crippen LogP contribution in [0, 0.1) is 12.8 Å². The van der Waals surface area contributed by atoms with Crippen LogP contribution in [0.3, 0.4) is 0 Å². The van der Waals surface area contributed by atoms with Gasteiger partial charge >= 0.3 is 0 Å². The van der Waals surface area contributed by atoms with Crippen LogP contribution in [-0.4, -0.2) is 22.9 Å². The van der Waals surface area contributed by atoms with Crippen LogP contribution >= 0.6 is 23.3 Å². The minimum Gasteiger partial charge on any atom is -0.312 e. The highest BCUT2D eigenvalue weighted by molar-refractivity contribution is 7.99. The lowest BCUT2D eigenvalue weighted by Gasteiger charge is -2.20. The molecule has 0 saturated carbocycles. The van der Waals surface area contributed by atoms with Gasteiger partial charge < -0.3 is 5.32 Å². The first-order valence-corrected chi connectivity index (χ1v) is 6.92. The Labute approximate surface area is 93.7 Å². The lowest BCUT2D eigenvalue weighted by atomic mass is 9.98. The molecule has 2 nitrogen and oxygen atoms in total. The molecular formula is C10H16N2S2. The number of aryl methyl sites for hydroxylation is 1. The summed E-state index contributed by atoms with van der Waals surface area (Å²) in [4.78, 5) is 1.40. The van der Waals surface area contributed by atoms with Gasteiger partial charge in [0.1, 0.15) is 0 Å². The lowest BCUT2D eigenvalue weighted by molar-refractivity contribution is 0.426. The van der Waals surface area contributed by atoms with Crippen LogP contribution in [0.2, 0.25) is 0 Å². The van der Waals surface area contributed by atoms with Gasteiger partial charge in [-0.1, -0.05) is 0 Å². The van der Waals surface area contributed by atoms with E-state index in [0.717, 1.165) is 11.6 Å². The summed E-state index contributed by atoms with van der Waals surface area (Å²) in [5, 5.41) is 3.43. The number of hydrogen-bond acceptors (Lipinski definition) is 4. The number of aromatic nitrogens is 1. The monoisotopic (exact) mass is 228 g/mol. The van der Waals surface area contributed by atoms with Crippen LogP contribution in [0.4, 0.5) is 0 Å². The topological polar surface area (TPSA) is 24.9 Å². The lowest BCUT2D eigenvalue weighted by Crippen LogP contribution is -2.24. The summed E-state index contributed by atoms with van der Waals surface area (Å²) in [6.45, 7) is 2.07. The van der Waals surface area contributed by atoms with Crippen LogP contribution in [0.15, 0.2) is 6.07 Å². The van der Waals surface area contributed by atoms with E-state index in [-0.39, 0.29) is 0 Å². The maximum atomic E-state index is 4.35. The van der Waals surface area contributed by atoms with Crippen molar-refractivity contribution in [2.24, 2.45) is 5.92 Å². The Balaban J connectivity index is 2.12. The van der Waals surface area contributed by atoms with E-state index in [2.05, 4.69) is 41.5 Å². The second kappa shape index (κ2) is 4.64. The van der Waals surface area contributed by atoms with Gasteiger partial charge in [0.25, 0.3) is 0 Å². The van der Waals surface area contributed by atoms with E-state index >= 15 is 0 Å². The van der Waals surface area contributed by atoms with Crippen molar-refractivity contribution in [2.75, 3.05) is 18.6 Å². The van der Waals surface area contributed by atoms with Crippen molar-refractivity contribution in [2.45, 2.75) is 19.4 Å². The van der Waals surface area contributed by atoms with E-state index in [1.807, 2.05) is 0 Å². The Kier molecular flexibility index (Phi) is 3.47. The second-order valence-electron chi connectivity index (χ2n) is 3.76. The third-order valence-corrected chi connectivity index (χ3v) is 4.85. The molecule has 0 bridgehead atoms. The van der Waals surface area contributed by atoms with Crippen molar-refractivity contribution < 1.29 is 0 Å². The summed E-state index contributed by atoms with van der Waals surface area (Å²) in [5.41, 5.74) is 1.15. The second-order valence-corrected chi connectivity index (χ2v) is 5.75. The molecule has 0 spiro atoms. The Hall–Kier alpha value is -0.0600. The van der Waals surface area contributed by atoms with Gasteiger partial charge in [0.15, 0.2) is 0 Å². The van der Waals surface area contributed by atoms with Crippen molar-refractivity contribution in [3.63, 3.8) is 0 Å². The van der Waals surface area contributed by atoms with E-state index < -0.39 is 0 Å². The highest BCUT2D eigenvalue weighted by Crippen LogP contribution is 2.35. The Bertz CT molecular complexity index is 292. The average molecular weight is 228 g/mol. The minimum atomic E-state index is 0.524. The summed E-state index contributed by atoms with van der Waals surface area (Å²) in [6, 6.07) is 2.74. The van der Waals surface area contributed by atoms with Gasteiger partial charge in [0.05, 0.1) is 5.69 Å². The molecule has 0 amide bonds. The van der Waals surface area contributed by atoms with Gasteiger partial charge in [-0.3, -0.25) is 0 Å². The third kappa shape index (κ3) is 2.12. The Morgan fingerprint density at radius 1 is 1.64 bits per heavy atom. The zero-order valence-corrected chi connectivity index (χ0v) is 10.3. The van der Waals surface area contributed by atoms with Gasteiger partial charge in [-0.2, -0.15) is 16.1 Å². The van der Waals surface area contributed by atoms with E-state index in [0.29, 0.717) is 6.04 Å². The molecule has 1 fully saturated rings. The minimum absolute atomic E-state index is 0.524. The smallest absolute Gasteiger partial charge is 0.0514 e. The quantitative estimate of drug-likeness (QED) is 0.860. The Morgan fingerprint density at radius 2 is 2.50 bits per heavy atom. The number of rotatable bonds is 3. The Morgan fingerprint density at radius 3 is 3.00 bits per heavy atom. The molecule has 4 heteroatoms. The normalized spacial score (nSPS) is 24.0. The maximum Gasteiger partial charge on any atom is 0.0514 e. The molecule has 0 radical (unpaired) electrons. The molecule has 78 valence electrons. The summed E-state index contributed by atoms with van der Waals surface area (Å²) in [6.07, 6.45) is 1.34. The summed E-state index contributed by atoms with van der Waals surface area (Å²) < 4.78 is 4.35. The van der Waals surface area contributed by atoms with Crippen molar-refractivity contribution in [3.05, 3.63) is 16.6 Å². The van der Waals surface area contributed by atoms with E-state index in [9.17, 15) is 0 Å². The molecule has 2 heterocycles. The van der Waals surface area contributed by atoms with E-state index in [1.54, 1.807) is 11.5 Å². The van der Waals surface area contributed by atoms with Crippen molar-refractivity contribution in [3.8, 4) is 0 Å². The zero-order chi connectivity index (χ0) is 9.97. The summed E-state index contributed by atoms with van der Waals surface area (Å²) in [7, 11) is 2.06. The van der Waals surface area contributed by atoms with Crippen LogP contribution < -0.4 is 5.32 Å². The molecule has 1 N–H and O–H groups in total. The zero-order valence-electron chi connectivity index (χ0n) is 8.62. The molecule has 1 saturated heterocycles. The molecule has 1 aromatic heterocycles. The van der Waals surface area contributed by atoms with Gasteiger partial charge in [0.2, 0.25) is 0 Å². The number of hydrogen-bond donors (Lipinski definition) is 1. The fourth-order valence-electron chi connectivity index (χ4n) is 1.96. The van der Waals surface area contributed by atoms with E-state index in [1.165, 1.54) is 22.8 Å². The first kappa shape index (κ1) is 10.5.